The molecule has 3 nitrogen and oxygen atoms in total. The average Bonchev–Trinajstić information content (AvgIpc) is 1.77. The van der Waals surface area contributed by atoms with Gasteiger partial charge in [-0.2, -0.15) is 0 Å². The van der Waals surface area contributed by atoms with E-state index in [1.54, 1.807) is 6.92 Å². The fraction of sp³-hybridized carbons (Fsp3) is 1.00. The van der Waals surface area contributed by atoms with Gasteiger partial charge in [0, 0.05) is 12.6 Å². The van der Waals surface area contributed by atoms with Crippen LogP contribution in [0.25, 0.3) is 0 Å². The summed E-state index contributed by atoms with van der Waals surface area (Å²) < 4.78 is 0. The molecule has 0 unspecified atom stereocenters. The molecule has 1 rings (SSSR count). The lowest BCUT2D eigenvalue weighted by atomic mass is 9.91. The molecule has 1 saturated heterocycles. The van der Waals surface area contributed by atoms with Crippen molar-refractivity contribution < 1.29 is 5.11 Å². The third-order valence-corrected chi connectivity index (χ3v) is 1.91. The first-order chi connectivity index (χ1) is 4.13. The van der Waals surface area contributed by atoms with Crippen molar-refractivity contribution in [2.24, 2.45) is 5.73 Å². The van der Waals surface area contributed by atoms with Crippen molar-refractivity contribution in [3.63, 3.8) is 0 Å². The minimum atomic E-state index is -0.696. The van der Waals surface area contributed by atoms with Gasteiger partial charge in [-0.25, -0.2) is 0 Å². The molecule has 0 aliphatic carbocycles. The summed E-state index contributed by atoms with van der Waals surface area (Å²) in [5.74, 6) is 0. The molecule has 1 aliphatic rings. The summed E-state index contributed by atoms with van der Waals surface area (Å²) in [5.41, 5.74) is 4.93. The molecule has 2 atom stereocenters. The summed E-state index contributed by atoms with van der Waals surface area (Å²) in [7, 11) is 0. The number of β-amino-alcohol motifs (C(OH)–C–C–N with tert-alkyl or cyclic N) is 1. The van der Waals surface area contributed by atoms with Gasteiger partial charge in [-0.15, -0.1) is 0 Å². The second-order valence-electron chi connectivity index (χ2n) is 2.93. The highest BCUT2D eigenvalue weighted by molar-refractivity contribution is 4.91. The van der Waals surface area contributed by atoms with Crippen LogP contribution < -0.4 is 11.1 Å². The van der Waals surface area contributed by atoms with E-state index in [2.05, 4.69) is 5.32 Å². The Balaban J connectivity index is 2.49. The molecular formula is C6H14N2O. The summed E-state index contributed by atoms with van der Waals surface area (Å²) in [6.45, 7) is 3.31. The molecule has 0 amide bonds. The van der Waals surface area contributed by atoms with Crippen LogP contribution in [0.2, 0.25) is 0 Å². The maximum atomic E-state index is 9.46. The fourth-order valence-corrected chi connectivity index (χ4v) is 1.04. The van der Waals surface area contributed by atoms with E-state index in [0.29, 0.717) is 6.54 Å². The number of hydrogen-bond acceptors (Lipinski definition) is 3. The van der Waals surface area contributed by atoms with Gasteiger partial charge in [-0.1, -0.05) is 0 Å². The molecule has 0 aromatic carbocycles. The van der Waals surface area contributed by atoms with Crippen molar-refractivity contribution in [1.29, 1.82) is 0 Å². The van der Waals surface area contributed by atoms with Crippen LogP contribution in [0.15, 0.2) is 0 Å². The van der Waals surface area contributed by atoms with Gasteiger partial charge in [-0.3, -0.25) is 0 Å². The molecule has 0 bridgehead atoms. The van der Waals surface area contributed by atoms with E-state index in [4.69, 9.17) is 5.73 Å². The number of nitrogens with one attached hydrogen (secondary N) is 1. The van der Waals surface area contributed by atoms with Crippen LogP contribution in [0.3, 0.4) is 0 Å². The minimum absolute atomic E-state index is 0.0567. The Labute approximate surface area is 55.2 Å². The zero-order valence-corrected chi connectivity index (χ0v) is 5.72. The summed E-state index contributed by atoms with van der Waals surface area (Å²) in [6.07, 6.45) is 0.868. The summed E-state index contributed by atoms with van der Waals surface area (Å²) in [5, 5.41) is 12.5. The van der Waals surface area contributed by atoms with E-state index in [0.717, 1.165) is 13.0 Å². The van der Waals surface area contributed by atoms with Crippen molar-refractivity contribution in [3.05, 3.63) is 0 Å². The molecule has 0 saturated carbocycles. The van der Waals surface area contributed by atoms with Crippen LogP contribution in [0.5, 0.6) is 0 Å². The molecule has 1 aliphatic heterocycles. The monoisotopic (exact) mass is 130 g/mol. The highest BCUT2D eigenvalue weighted by atomic mass is 16.3. The zero-order valence-electron chi connectivity index (χ0n) is 5.72. The first-order valence-electron chi connectivity index (χ1n) is 3.31. The smallest absolute Gasteiger partial charge is 0.0893 e. The molecule has 54 valence electrons. The van der Waals surface area contributed by atoms with Gasteiger partial charge < -0.3 is 16.2 Å². The summed E-state index contributed by atoms with van der Waals surface area (Å²) in [4.78, 5) is 0. The van der Waals surface area contributed by atoms with E-state index in [9.17, 15) is 5.11 Å². The Hall–Kier alpha value is -0.120. The number of hydrogen-bond donors (Lipinski definition) is 3. The maximum absolute atomic E-state index is 9.46. The summed E-state index contributed by atoms with van der Waals surface area (Å²) in [6, 6.07) is -0.0567. The molecule has 3 heteroatoms. The van der Waals surface area contributed by atoms with Crippen LogP contribution >= 0.6 is 0 Å². The first-order valence-corrected chi connectivity index (χ1v) is 3.31. The number of aliphatic hydroxyl groups is 1. The second kappa shape index (κ2) is 2.25. The van der Waals surface area contributed by atoms with Crippen molar-refractivity contribution in [2.45, 2.75) is 25.0 Å². The van der Waals surface area contributed by atoms with Crippen molar-refractivity contribution >= 4 is 0 Å². The number of nitrogens with two attached hydrogens (primary N) is 1. The predicted molar refractivity (Wildman–Crippen MR) is 36.1 cm³/mol. The Morgan fingerprint density at radius 2 is 2.44 bits per heavy atom. The first kappa shape index (κ1) is 6.99. The predicted octanol–water partition coefficient (Wildman–Crippen LogP) is -0.942. The van der Waals surface area contributed by atoms with Crippen LogP contribution in [0.4, 0.5) is 0 Å². The number of piperidine rings is 1. The molecule has 9 heavy (non-hydrogen) atoms. The third-order valence-electron chi connectivity index (χ3n) is 1.91. The van der Waals surface area contributed by atoms with E-state index in [1.165, 1.54) is 0 Å². The van der Waals surface area contributed by atoms with Crippen LogP contribution in [-0.2, 0) is 0 Å². The lowest BCUT2D eigenvalue weighted by Crippen LogP contribution is -2.57. The van der Waals surface area contributed by atoms with Gasteiger partial charge in [0.05, 0.1) is 5.60 Å². The maximum Gasteiger partial charge on any atom is 0.0893 e. The Bertz CT molecular complexity index is 103. The molecular weight excluding hydrogens is 116 g/mol. The Kier molecular flexibility index (Phi) is 1.75. The fourth-order valence-electron chi connectivity index (χ4n) is 1.04. The highest BCUT2D eigenvalue weighted by Gasteiger charge is 2.30. The molecule has 0 radical (unpaired) electrons. The van der Waals surface area contributed by atoms with E-state index in [1.807, 2.05) is 0 Å². The quantitative estimate of drug-likeness (QED) is 0.396. The van der Waals surface area contributed by atoms with Crippen LogP contribution in [0.1, 0.15) is 13.3 Å². The second-order valence-corrected chi connectivity index (χ2v) is 2.93. The molecule has 1 fully saturated rings. The van der Waals surface area contributed by atoms with Crippen LogP contribution in [-0.4, -0.2) is 29.8 Å². The van der Waals surface area contributed by atoms with Gasteiger partial charge in [0.2, 0.25) is 0 Å². The molecule has 0 spiro atoms. The Morgan fingerprint density at radius 1 is 1.78 bits per heavy atom. The molecule has 0 aromatic rings. The van der Waals surface area contributed by atoms with E-state index in [-0.39, 0.29) is 6.04 Å². The highest BCUT2D eigenvalue weighted by Crippen LogP contribution is 2.12. The third kappa shape index (κ3) is 1.41. The zero-order chi connectivity index (χ0) is 6.91. The van der Waals surface area contributed by atoms with Gasteiger partial charge in [0.1, 0.15) is 0 Å². The van der Waals surface area contributed by atoms with Gasteiger partial charge in [0.15, 0.2) is 0 Å². The molecule has 4 N–H and O–H groups in total. The lowest BCUT2D eigenvalue weighted by molar-refractivity contribution is 0.0160. The molecule has 0 aromatic heterocycles. The normalized spacial score (nSPS) is 45.0. The largest absolute Gasteiger partial charge is 0.387 e. The van der Waals surface area contributed by atoms with Crippen molar-refractivity contribution in [1.82, 2.24) is 5.32 Å². The average molecular weight is 130 g/mol. The minimum Gasteiger partial charge on any atom is -0.387 e. The van der Waals surface area contributed by atoms with Crippen molar-refractivity contribution in [2.75, 3.05) is 13.1 Å². The SMILES string of the molecule is C[C@@]1(O)CNCC[C@H]1N. The lowest BCUT2D eigenvalue weighted by Gasteiger charge is -2.34. The topological polar surface area (TPSA) is 58.3 Å². The van der Waals surface area contributed by atoms with Crippen molar-refractivity contribution in [3.8, 4) is 0 Å². The van der Waals surface area contributed by atoms with Gasteiger partial charge in [0.25, 0.3) is 0 Å². The van der Waals surface area contributed by atoms with Gasteiger partial charge >= 0.3 is 0 Å². The number of rotatable bonds is 0. The van der Waals surface area contributed by atoms with E-state index >= 15 is 0 Å². The van der Waals surface area contributed by atoms with Gasteiger partial charge in [-0.05, 0) is 19.9 Å². The summed E-state index contributed by atoms with van der Waals surface area (Å²) >= 11 is 0. The van der Waals surface area contributed by atoms with E-state index < -0.39 is 5.60 Å². The molecule has 1 heterocycles. The van der Waals surface area contributed by atoms with Crippen LogP contribution in [0, 0.1) is 0 Å². The standard InChI is InChI=1S/C6H14N2O/c1-6(9)4-8-3-2-5(6)7/h5,8-9H,2-4,7H2,1H3/t5-,6-/m1/s1. The Morgan fingerprint density at radius 3 is 2.78 bits per heavy atom.